The lowest BCUT2D eigenvalue weighted by molar-refractivity contribution is 0.171. The molecule has 16 heavy (non-hydrogen) atoms. The number of nitrogens with two attached hydrogens (primary N) is 1. The van der Waals surface area contributed by atoms with Crippen LogP contribution < -0.4 is 11.1 Å². The van der Waals surface area contributed by atoms with Crippen molar-refractivity contribution in [2.45, 2.75) is 13.8 Å². The molecule has 1 aromatic carbocycles. The van der Waals surface area contributed by atoms with Crippen molar-refractivity contribution in [2.24, 2.45) is 5.41 Å². The van der Waals surface area contributed by atoms with E-state index >= 15 is 0 Å². The minimum atomic E-state index is -0.385. The Kier molecular flexibility index (Phi) is 4.15. The van der Waals surface area contributed by atoms with E-state index in [1.165, 1.54) is 6.07 Å². The summed E-state index contributed by atoms with van der Waals surface area (Å²) in [6, 6.07) is 2.86. The predicted octanol–water partition coefficient (Wildman–Crippen LogP) is 2.60. The zero-order valence-electron chi connectivity index (χ0n) is 9.35. The average Bonchev–Trinajstić information content (AvgIpc) is 2.22. The molecule has 0 heterocycles. The van der Waals surface area contributed by atoms with Gasteiger partial charge in [0.15, 0.2) is 0 Å². The number of aliphatic hydroxyl groups is 1. The van der Waals surface area contributed by atoms with Crippen LogP contribution in [0.1, 0.15) is 13.8 Å². The van der Waals surface area contributed by atoms with E-state index in [-0.39, 0.29) is 17.8 Å². The number of rotatable bonds is 4. The number of benzene rings is 1. The van der Waals surface area contributed by atoms with Crippen LogP contribution in [0.3, 0.4) is 0 Å². The lowest BCUT2D eigenvalue weighted by Gasteiger charge is -2.23. The lowest BCUT2D eigenvalue weighted by atomic mass is 9.95. The fourth-order valence-electron chi connectivity index (χ4n) is 1.11. The van der Waals surface area contributed by atoms with Crippen LogP contribution in [0, 0.1) is 11.2 Å². The molecule has 0 aliphatic rings. The Labute approximate surface area is 103 Å². The molecule has 4 N–H and O–H groups in total. The first-order valence-corrected chi connectivity index (χ1v) is 5.74. The van der Waals surface area contributed by atoms with E-state index in [1.807, 2.05) is 13.8 Å². The van der Waals surface area contributed by atoms with E-state index in [4.69, 9.17) is 10.8 Å². The van der Waals surface area contributed by atoms with Crippen molar-refractivity contribution in [3.63, 3.8) is 0 Å². The van der Waals surface area contributed by atoms with Crippen molar-refractivity contribution in [3.8, 4) is 0 Å². The summed E-state index contributed by atoms with van der Waals surface area (Å²) >= 11 is 3.10. The van der Waals surface area contributed by atoms with Crippen molar-refractivity contribution < 1.29 is 9.50 Å². The van der Waals surface area contributed by atoms with Crippen LogP contribution in [-0.2, 0) is 0 Å². The van der Waals surface area contributed by atoms with Crippen LogP contribution >= 0.6 is 15.9 Å². The fourth-order valence-corrected chi connectivity index (χ4v) is 1.45. The Hall–Kier alpha value is -0.810. The average molecular weight is 291 g/mol. The standard InChI is InChI=1S/C11H16BrFN2O/c1-11(2,6-16)5-15-10-3-7(12)8(13)4-9(10)14/h3-4,15-16H,5-6,14H2,1-2H3. The van der Waals surface area contributed by atoms with Crippen LogP contribution in [0.2, 0.25) is 0 Å². The predicted molar refractivity (Wildman–Crippen MR) is 67.9 cm³/mol. The number of nitrogens with one attached hydrogen (secondary N) is 1. The minimum Gasteiger partial charge on any atom is -0.397 e. The van der Waals surface area contributed by atoms with Crippen LogP contribution in [0.5, 0.6) is 0 Å². The van der Waals surface area contributed by atoms with E-state index in [1.54, 1.807) is 6.07 Å². The van der Waals surface area contributed by atoms with Gasteiger partial charge in [0.1, 0.15) is 5.82 Å². The summed E-state index contributed by atoms with van der Waals surface area (Å²) in [5.74, 6) is -0.385. The second-order valence-electron chi connectivity index (χ2n) is 4.53. The molecule has 0 unspecified atom stereocenters. The first-order chi connectivity index (χ1) is 7.35. The zero-order chi connectivity index (χ0) is 12.3. The highest BCUT2D eigenvalue weighted by Crippen LogP contribution is 2.27. The topological polar surface area (TPSA) is 58.3 Å². The third-order valence-corrected chi connectivity index (χ3v) is 2.89. The minimum absolute atomic E-state index is 0.0717. The Morgan fingerprint density at radius 3 is 2.69 bits per heavy atom. The van der Waals surface area contributed by atoms with Gasteiger partial charge in [0.25, 0.3) is 0 Å². The molecule has 0 aromatic heterocycles. The van der Waals surface area contributed by atoms with Crippen molar-refractivity contribution in [1.82, 2.24) is 0 Å². The molecule has 0 radical (unpaired) electrons. The van der Waals surface area contributed by atoms with Crippen LogP contribution in [-0.4, -0.2) is 18.3 Å². The van der Waals surface area contributed by atoms with Gasteiger partial charge in [-0.15, -0.1) is 0 Å². The number of aliphatic hydroxyl groups excluding tert-OH is 1. The molecule has 3 nitrogen and oxygen atoms in total. The van der Waals surface area contributed by atoms with Gasteiger partial charge < -0.3 is 16.2 Å². The molecule has 1 rings (SSSR count). The molecule has 5 heteroatoms. The summed E-state index contributed by atoms with van der Waals surface area (Å²) in [5, 5.41) is 12.2. The normalized spacial score (nSPS) is 11.6. The molecule has 90 valence electrons. The van der Waals surface area contributed by atoms with Crippen molar-refractivity contribution in [1.29, 1.82) is 0 Å². The highest BCUT2D eigenvalue weighted by atomic mass is 79.9. The number of anilines is 2. The number of hydrogen-bond acceptors (Lipinski definition) is 3. The Morgan fingerprint density at radius 2 is 2.12 bits per heavy atom. The molecule has 0 amide bonds. The van der Waals surface area contributed by atoms with E-state index in [0.29, 0.717) is 22.4 Å². The van der Waals surface area contributed by atoms with Gasteiger partial charge >= 0.3 is 0 Å². The monoisotopic (exact) mass is 290 g/mol. The van der Waals surface area contributed by atoms with Gasteiger partial charge in [-0.1, -0.05) is 13.8 Å². The zero-order valence-corrected chi connectivity index (χ0v) is 10.9. The van der Waals surface area contributed by atoms with Gasteiger partial charge in [-0.2, -0.15) is 0 Å². The summed E-state index contributed by atoms with van der Waals surface area (Å²) in [4.78, 5) is 0. The molecule has 0 aliphatic carbocycles. The molecule has 0 aliphatic heterocycles. The SMILES string of the molecule is CC(C)(CO)CNc1cc(Br)c(F)cc1N. The first-order valence-electron chi connectivity index (χ1n) is 4.95. The smallest absolute Gasteiger partial charge is 0.139 e. The number of nitrogen functional groups attached to an aromatic ring is 1. The maximum absolute atomic E-state index is 13.1. The van der Waals surface area contributed by atoms with Gasteiger partial charge in [-0.05, 0) is 22.0 Å². The quantitative estimate of drug-likeness (QED) is 0.747. The highest BCUT2D eigenvalue weighted by Gasteiger charge is 2.16. The Balaban J connectivity index is 2.79. The molecular weight excluding hydrogens is 275 g/mol. The molecule has 0 spiro atoms. The summed E-state index contributed by atoms with van der Waals surface area (Å²) < 4.78 is 13.5. The highest BCUT2D eigenvalue weighted by molar-refractivity contribution is 9.10. The second-order valence-corrected chi connectivity index (χ2v) is 5.38. The second kappa shape index (κ2) is 5.01. The number of hydrogen-bond donors (Lipinski definition) is 3. The summed E-state index contributed by atoms with van der Waals surface area (Å²) in [5.41, 5.74) is 6.45. The summed E-state index contributed by atoms with van der Waals surface area (Å²) in [7, 11) is 0. The van der Waals surface area contributed by atoms with E-state index < -0.39 is 0 Å². The van der Waals surface area contributed by atoms with Crippen molar-refractivity contribution >= 4 is 27.3 Å². The lowest BCUT2D eigenvalue weighted by Crippen LogP contribution is -2.27. The third kappa shape index (κ3) is 3.35. The number of halogens is 2. The molecule has 0 atom stereocenters. The van der Waals surface area contributed by atoms with Crippen molar-refractivity contribution in [3.05, 3.63) is 22.4 Å². The molecule has 0 saturated carbocycles. The van der Waals surface area contributed by atoms with Gasteiger partial charge in [0.05, 0.1) is 15.8 Å². The molecule has 0 saturated heterocycles. The van der Waals surface area contributed by atoms with Crippen LogP contribution in [0.25, 0.3) is 0 Å². The fraction of sp³-hybridized carbons (Fsp3) is 0.455. The largest absolute Gasteiger partial charge is 0.397 e. The van der Waals surface area contributed by atoms with Crippen LogP contribution in [0.4, 0.5) is 15.8 Å². The van der Waals surface area contributed by atoms with Gasteiger partial charge in [0, 0.05) is 24.6 Å². The summed E-state index contributed by atoms with van der Waals surface area (Å²) in [6.07, 6.45) is 0. The third-order valence-electron chi connectivity index (χ3n) is 2.28. The maximum atomic E-state index is 13.1. The molecular formula is C11H16BrFN2O. The van der Waals surface area contributed by atoms with E-state index in [2.05, 4.69) is 21.2 Å². The molecule has 0 bridgehead atoms. The van der Waals surface area contributed by atoms with Gasteiger partial charge in [-0.25, -0.2) is 4.39 Å². The van der Waals surface area contributed by atoms with Gasteiger partial charge in [0.2, 0.25) is 0 Å². The maximum Gasteiger partial charge on any atom is 0.139 e. The summed E-state index contributed by atoms with van der Waals surface area (Å²) in [6.45, 7) is 4.48. The van der Waals surface area contributed by atoms with Crippen LogP contribution in [0.15, 0.2) is 16.6 Å². The molecule has 0 fully saturated rings. The van der Waals surface area contributed by atoms with Crippen molar-refractivity contribution in [2.75, 3.05) is 24.2 Å². The van der Waals surface area contributed by atoms with Gasteiger partial charge in [-0.3, -0.25) is 0 Å². The Bertz CT molecular complexity index is 382. The van der Waals surface area contributed by atoms with E-state index in [0.717, 1.165) is 0 Å². The Morgan fingerprint density at radius 1 is 1.50 bits per heavy atom. The van der Waals surface area contributed by atoms with E-state index in [9.17, 15) is 4.39 Å². The first kappa shape index (κ1) is 13.3. The molecule has 1 aromatic rings.